The van der Waals surface area contributed by atoms with Crippen molar-refractivity contribution in [3.63, 3.8) is 0 Å². The van der Waals surface area contributed by atoms with Crippen LogP contribution in [0.2, 0.25) is 0 Å². The zero-order valence-electron chi connectivity index (χ0n) is 19.3. The molecule has 0 radical (unpaired) electrons. The SMILES string of the molecule is CC(C)CCOC1CCC(OCCCONC2CCC(C(=O)C(C)C)CC2)CC1. The molecule has 0 saturated heterocycles. The van der Waals surface area contributed by atoms with E-state index in [1.54, 1.807) is 0 Å². The number of hydrogen-bond acceptors (Lipinski definition) is 5. The van der Waals surface area contributed by atoms with E-state index in [4.69, 9.17) is 14.3 Å². The predicted octanol–water partition coefficient (Wildman–Crippen LogP) is 5.07. The predicted molar refractivity (Wildman–Crippen MR) is 117 cm³/mol. The van der Waals surface area contributed by atoms with Crippen LogP contribution in [0.3, 0.4) is 0 Å². The molecule has 0 aromatic carbocycles. The number of ketones is 1. The van der Waals surface area contributed by atoms with Crippen LogP contribution >= 0.6 is 0 Å². The van der Waals surface area contributed by atoms with Crippen LogP contribution < -0.4 is 5.48 Å². The number of rotatable bonds is 13. The molecular formula is C24H45NO4. The Morgan fingerprint density at radius 2 is 1.41 bits per heavy atom. The molecule has 0 aliphatic heterocycles. The minimum absolute atomic E-state index is 0.160. The first-order chi connectivity index (χ1) is 14.0. The summed E-state index contributed by atoms with van der Waals surface area (Å²) in [6, 6.07) is 0.387. The molecule has 2 saturated carbocycles. The number of hydroxylamine groups is 1. The molecule has 29 heavy (non-hydrogen) atoms. The fraction of sp³-hybridized carbons (Fsp3) is 0.958. The third-order valence-electron chi connectivity index (χ3n) is 6.36. The van der Waals surface area contributed by atoms with Crippen LogP contribution in [0.15, 0.2) is 0 Å². The molecule has 2 aliphatic rings. The van der Waals surface area contributed by atoms with E-state index in [-0.39, 0.29) is 11.8 Å². The van der Waals surface area contributed by atoms with E-state index in [2.05, 4.69) is 19.3 Å². The lowest BCUT2D eigenvalue weighted by molar-refractivity contribution is -0.127. The Morgan fingerprint density at radius 1 is 0.828 bits per heavy atom. The third kappa shape index (κ3) is 9.91. The van der Waals surface area contributed by atoms with E-state index in [1.807, 2.05) is 13.8 Å². The van der Waals surface area contributed by atoms with Gasteiger partial charge in [-0.25, -0.2) is 0 Å². The number of carbonyl (C=O) groups excluding carboxylic acids is 1. The minimum atomic E-state index is 0.160. The maximum Gasteiger partial charge on any atom is 0.138 e. The van der Waals surface area contributed by atoms with E-state index in [1.165, 1.54) is 0 Å². The Kier molecular flexibility index (Phi) is 11.7. The normalized spacial score (nSPS) is 28.2. The lowest BCUT2D eigenvalue weighted by atomic mass is 9.81. The zero-order valence-corrected chi connectivity index (χ0v) is 19.3. The van der Waals surface area contributed by atoms with Crippen molar-refractivity contribution < 1.29 is 19.1 Å². The maximum absolute atomic E-state index is 12.1. The lowest BCUT2D eigenvalue weighted by Gasteiger charge is -2.29. The summed E-state index contributed by atoms with van der Waals surface area (Å²) in [5.41, 5.74) is 3.20. The van der Waals surface area contributed by atoms with Crippen LogP contribution in [-0.4, -0.2) is 43.9 Å². The van der Waals surface area contributed by atoms with Gasteiger partial charge in [0.2, 0.25) is 0 Å². The Morgan fingerprint density at radius 3 is 1.97 bits per heavy atom. The molecule has 2 rings (SSSR count). The van der Waals surface area contributed by atoms with Gasteiger partial charge in [-0.3, -0.25) is 4.79 Å². The zero-order chi connectivity index (χ0) is 21.1. The van der Waals surface area contributed by atoms with Crippen molar-refractivity contribution in [2.75, 3.05) is 19.8 Å². The molecule has 0 atom stereocenters. The molecule has 1 N–H and O–H groups in total. The summed E-state index contributed by atoms with van der Waals surface area (Å²) in [7, 11) is 0. The summed E-state index contributed by atoms with van der Waals surface area (Å²) in [4.78, 5) is 17.7. The Bertz CT molecular complexity index is 438. The third-order valence-corrected chi connectivity index (χ3v) is 6.36. The van der Waals surface area contributed by atoms with E-state index in [0.717, 1.165) is 83.3 Å². The van der Waals surface area contributed by atoms with E-state index >= 15 is 0 Å². The van der Waals surface area contributed by atoms with Gasteiger partial charge in [0.15, 0.2) is 0 Å². The molecule has 0 aromatic rings. The molecule has 0 aromatic heterocycles. The van der Waals surface area contributed by atoms with Gasteiger partial charge in [0.05, 0.1) is 18.8 Å². The summed E-state index contributed by atoms with van der Waals surface area (Å²) in [6.07, 6.45) is 11.4. The van der Waals surface area contributed by atoms with Gasteiger partial charge in [-0.2, -0.15) is 5.48 Å². The molecule has 5 heteroatoms. The first kappa shape index (κ1) is 24.8. The van der Waals surface area contributed by atoms with Gasteiger partial charge in [-0.1, -0.05) is 27.7 Å². The van der Waals surface area contributed by atoms with Crippen molar-refractivity contribution in [1.82, 2.24) is 5.48 Å². The van der Waals surface area contributed by atoms with Gasteiger partial charge < -0.3 is 14.3 Å². The van der Waals surface area contributed by atoms with Crippen LogP contribution in [0.4, 0.5) is 0 Å². The molecule has 0 spiro atoms. The second kappa shape index (κ2) is 13.7. The molecule has 170 valence electrons. The van der Waals surface area contributed by atoms with E-state index in [9.17, 15) is 4.79 Å². The highest BCUT2D eigenvalue weighted by molar-refractivity contribution is 5.82. The highest BCUT2D eigenvalue weighted by Crippen LogP contribution is 2.27. The average molecular weight is 412 g/mol. The summed E-state index contributed by atoms with van der Waals surface area (Å²) in [5.74, 6) is 1.57. The van der Waals surface area contributed by atoms with Crippen molar-refractivity contribution in [2.45, 2.75) is 110 Å². The first-order valence-electron chi connectivity index (χ1n) is 12.1. The standard InChI is InChI=1S/C24H45NO4/c1-18(2)14-17-28-23-12-10-22(11-13-23)27-15-5-16-29-25-21-8-6-20(7-9-21)24(26)19(3)4/h18-23,25H,5-17H2,1-4H3. The van der Waals surface area contributed by atoms with Crippen molar-refractivity contribution >= 4 is 5.78 Å². The summed E-state index contributed by atoms with van der Waals surface area (Å²) in [6.45, 7) is 10.8. The smallest absolute Gasteiger partial charge is 0.138 e. The molecule has 0 heterocycles. The van der Waals surface area contributed by atoms with Gasteiger partial charge in [-0.05, 0) is 70.1 Å². The summed E-state index contributed by atoms with van der Waals surface area (Å²) >= 11 is 0. The Labute approximate surface area is 178 Å². The lowest BCUT2D eigenvalue weighted by Crippen LogP contribution is -2.36. The number of hydrogen-bond donors (Lipinski definition) is 1. The quantitative estimate of drug-likeness (QED) is 0.339. The molecule has 2 aliphatic carbocycles. The molecular weight excluding hydrogens is 366 g/mol. The van der Waals surface area contributed by atoms with Crippen molar-refractivity contribution in [2.24, 2.45) is 17.8 Å². The molecule has 0 bridgehead atoms. The topological polar surface area (TPSA) is 56.8 Å². The van der Waals surface area contributed by atoms with Crippen LogP contribution in [0.5, 0.6) is 0 Å². The molecule has 0 unspecified atom stereocenters. The molecule has 0 amide bonds. The summed E-state index contributed by atoms with van der Waals surface area (Å²) in [5, 5.41) is 0. The largest absolute Gasteiger partial charge is 0.378 e. The molecule has 2 fully saturated rings. The van der Waals surface area contributed by atoms with Gasteiger partial charge in [-0.15, -0.1) is 0 Å². The maximum atomic E-state index is 12.1. The van der Waals surface area contributed by atoms with Gasteiger partial charge >= 0.3 is 0 Å². The van der Waals surface area contributed by atoms with E-state index < -0.39 is 0 Å². The van der Waals surface area contributed by atoms with Crippen LogP contribution in [0.25, 0.3) is 0 Å². The second-order valence-corrected chi connectivity index (χ2v) is 9.75. The number of ether oxygens (including phenoxy) is 2. The van der Waals surface area contributed by atoms with Crippen molar-refractivity contribution in [3.05, 3.63) is 0 Å². The highest BCUT2D eigenvalue weighted by Gasteiger charge is 2.27. The van der Waals surface area contributed by atoms with E-state index in [0.29, 0.717) is 30.6 Å². The van der Waals surface area contributed by atoms with Gasteiger partial charge in [0, 0.05) is 31.1 Å². The second-order valence-electron chi connectivity index (χ2n) is 9.75. The average Bonchev–Trinajstić information content (AvgIpc) is 2.71. The highest BCUT2D eigenvalue weighted by atomic mass is 16.6. The van der Waals surface area contributed by atoms with Gasteiger partial charge in [0.1, 0.15) is 5.78 Å². The van der Waals surface area contributed by atoms with Crippen LogP contribution in [0, 0.1) is 17.8 Å². The van der Waals surface area contributed by atoms with Gasteiger partial charge in [0.25, 0.3) is 0 Å². The Hall–Kier alpha value is -0.490. The number of nitrogens with one attached hydrogen (secondary N) is 1. The van der Waals surface area contributed by atoms with Crippen LogP contribution in [-0.2, 0) is 19.1 Å². The number of Topliss-reactive ketones (excluding diaryl/α,β-unsaturated/α-hetero) is 1. The van der Waals surface area contributed by atoms with Crippen molar-refractivity contribution in [3.8, 4) is 0 Å². The Balaban J connectivity index is 1.42. The minimum Gasteiger partial charge on any atom is -0.378 e. The monoisotopic (exact) mass is 411 g/mol. The fourth-order valence-corrected chi connectivity index (χ4v) is 4.36. The summed E-state index contributed by atoms with van der Waals surface area (Å²) < 4.78 is 12.0. The molecule has 5 nitrogen and oxygen atoms in total. The number of carbonyl (C=O) groups is 1. The van der Waals surface area contributed by atoms with Crippen molar-refractivity contribution in [1.29, 1.82) is 0 Å². The van der Waals surface area contributed by atoms with Crippen LogP contribution in [0.1, 0.15) is 91.9 Å². The fourth-order valence-electron chi connectivity index (χ4n) is 4.36. The first-order valence-corrected chi connectivity index (χ1v) is 12.1.